The van der Waals surface area contributed by atoms with Crippen LogP contribution in [0.1, 0.15) is 65.6 Å². The van der Waals surface area contributed by atoms with Crippen molar-refractivity contribution in [1.29, 1.82) is 0 Å². The van der Waals surface area contributed by atoms with Crippen molar-refractivity contribution in [2.75, 3.05) is 18.0 Å². The van der Waals surface area contributed by atoms with Crippen molar-refractivity contribution in [2.24, 2.45) is 0 Å². The Bertz CT molecular complexity index is 1170. The fraction of sp³-hybridized carbons (Fsp3) is 0.400. The molecule has 3 heterocycles. The van der Waals surface area contributed by atoms with Gasteiger partial charge in [-0.25, -0.2) is 0 Å². The van der Waals surface area contributed by atoms with E-state index >= 15 is 0 Å². The van der Waals surface area contributed by atoms with E-state index in [2.05, 4.69) is 19.7 Å². The van der Waals surface area contributed by atoms with Gasteiger partial charge in [0, 0.05) is 49.2 Å². The molecule has 0 spiro atoms. The van der Waals surface area contributed by atoms with E-state index in [-0.39, 0.29) is 22.3 Å². The Morgan fingerprint density at radius 2 is 1.82 bits per heavy atom. The average Bonchev–Trinajstić information content (AvgIpc) is 3.12. The van der Waals surface area contributed by atoms with Crippen molar-refractivity contribution in [3.8, 4) is 0 Å². The quantitative estimate of drug-likeness (QED) is 0.325. The first-order valence-corrected chi connectivity index (χ1v) is 11.7. The first-order valence-electron chi connectivity index (χ1n) is 11.7. The Morgan fingerprint density at radius 1 is 0.970 bits per heavy atom. The SMILES string of the molecule is O=C(c1ccccc1)c1ccc(N2CCCC(c3nnc4n3CCCCC4)C2)c([N+](=O)[O-])c1. The van der Waals surface area contributed by atoms with Crippen molar-refractivity contribution < 1.29 is 9.72 Å². The highest BCUT2D eigenvalue weighted by atomic mass is 16.6. The standard InChI is InChI=1S/C25H27N5O3/c31-24(18-8-3-1-4-9-18)19-12-13-21(22(16-19)30(32)33)28-14-7-10-20(17-28)25-27-26-23-11-5-2-6-15-29(23)25/h1,3-4,8-9,12-13,16,20H,2,5-7,10-11,14-15,17H2. The second-order valence-electron chi connectivity index (χ2n) is 8.88. The summed E-state index contributed by atoms with van der Waals surface area (Å²) < 4.78 is 2.28. The third-order valence-corrected chi connectivity index (χ3v) is 6.74. The largest absolute Gasteiger partial charge is 0.365 e. The molecule has 2 aromatic carbocycles. The minimum absolute atomic E-state index is 0.0301. The van der Waals surface area contributed by atoms with Gasteiger partial charge in [-0.2, -0.15) is 0 Å². The highest BCUT2D eigenvalue weighted by Gasteiger charge is 2.30. The predicted molar refractivity (Wildman–Crippen MR) is 125 cm³/mol. The molecule has 1 fully saturated rings. The molecule has 0 aliphatic carbocycles. The minimum Gasteiger partial charge on any atom is -0.365 e. The number of aryl methyl sites for hydroxylation is 1. The van der Waals surface area contributed by atoms with E-state index in [0.717, 1.165) is 56.8 Å². The molecule has 5 rings (SSSR count). The Morgan fingerprint density at radius 3 is 2.64 bits per heavy atom. The van der Waals surface area contributed by atoms with Gasteiger partial charge >= 0.3 is 0 Å². The highest BCUT2D eigenvalue weighted by Crippen LogP contribution is 2.36. The van der Waals surface area contributed by atoms with Crippen LogP contribution in [0.15, 0.2) is 48.5 Å². The maximum Gasteiger partial charge on any atom is 0.293 e. The van der Waals surface area contributed by atoms with Crippen LogP contribution in [0, 0.1) is 10.1 Å². The summed E-state index contributed by atoms with van der Waals surface area (Å²) in [6, 6.07) is 13.7. The second-order valence-corrected chi connectivity index (χ2v) is 8.88. The molecule has 0 amide bonds. The molecule has 8 nitrogen and oxygen atoms in total. The van der Waals surface area contributed by atoms with Crippen LogP contribution in [-0.2, 0) is 13.0 Å². The summed E-state index contributed by atoms with van der Waals surface area (Å²) in [6.07, 6.45) is 6.37. The van der Waals surface area contributed by atoms with E-state index in [0.29, 0.717) is 23.4 Å². The van der Waals surface area contributed by atoms with Gasteiger partial charge < -0.3 is 9.47 Å². The first-order chi connectivity index (χ1) is 16.1. The molecule has 170 valence electrons. The van der Waals surface area contributed by atoms with Crippen LogP contribution >= 0.6 is 0 Å². The number of carbonyl (C=O) groups excluding carboxylic acids is 1. The molecule has 0 bridgehead atoms. The van der Waals surface area contributed by atoms with Gasteiger partial charge in [-0.1, -0.05) is 36.8 Å². The zero-order valence-electron chi connectivity index (χ0n) is 18.5. The van der Waals surface area contributed by atoms with Crippen LogP contribution in [0.25, 0.3) is 0 Å². The van der Waals surface area contributed by atoms with Crippen LogP contribution in [0.2, 0.25) is 0 Å². The number of rotatable bonds is 5. The molecule has 2 aliphatic heterocycles. The van der Waals surface area contributed by atoms with Gasteiger partial charge in [-0.05, 0) is 37.8 Å². The fourth-order valence-electron chi connectivity index (χ4n) is 5.05. The number of anilines is 1. The van der Waals surface area contributed by atoms with Crippen molar-refractivity contribution in [3.63, 3.8) is 0 Å². The maximum absolute atomic E-state index is 12.8. The van der Waals surface area contributed by atoms with Gasteiger partial charge in [-0.3, -0.25) is 14.9 Å². The third kappa shape index (κ3) is 4.25. The van der Waals surface area contributed by atoms with E-state index in [1.165, 1.54) is 12.5 Å². The lowest BCUT2D eigenvalue weighted by atomic mass is 9.95. The molecule has 0 radical (unpaired) electrons. The molecular formula is C25H27N5O3. The molecule has 8 heteroatoms. The Labute approximate surface area is 192 Å². The molecule has 3 aromatic rings. The van der Waals surface area contributed by atoms with Crippen LogP contribution in [0.4, 0.5) is 11.4 Å². The summed E-state index contributed by atoms with van der Waals surface area (Å²) in [5.74, 6) is 2.04. The smallest absolute Gasteiger partial charge is 0.293 e. The molecule has 1 aromatic heterocycles. The molecule has 1 saturated heterocycles. The van der Waals surface area contributed by atoms with Crippen molar-refractivity contribution in [2.45, 2.75) is 51.0 Å². The number of aromatic nitrogens is 3. The van der Waals surface area contributed by atoms with Crippen LogP contribution in [0.5, 0.6) is 0 Å². The predicted octanol–water partition coefficient (Wildman–Crippen LogP) is 4.53. The van der Waals surface area contributed by atoms with E-state index < -0.39 is 0 Å². The van der Waals surface area contributed by atoms with Crippen LogP contribution in [0.3, 0.4) is 0 Å². The first kappa shape index (κ1) is 21.3. The van der Waals surface area contributed by atoms with Crippen LogP contribution < -0.4 is 4.90 Å². The third-order valence-electron chi connectivity index (χ3n) is 6.74. The Hall–Kier alpha value is -3.55. The molecule has 0 N–H and O–H groups in total. The summed E-state index contributed by atoms with van der Waals surface area (Å²) in [5, 5.41) is 20.9. The van der Waals surface area contributed by atoms with Crippen molar-refractivity contribution in [1.82, 2.24) is 14.8 Å². The second kappa shape index (κ2) is 9.13. The lowest BCUT2D eigenvalue weighted by Gasteiger charge is -2.33. The van der Waals surface area contributed by atoms with Gasteiger partial charge in [-0.15, -0.1) is 10.2 Å². The van der Waals surface area contributed by atoms with Crippen molar-refractivity contribution in [3.05, 3.63) is 81.4 Å². The lowest BCUT2D eigenvalue weighted by Crippen LogP contribution is -2.36. The number of piperidine rings is 1. The fourth-order valence-corrected chi connectivity index (χ4v) is 5.05. The normalized spacial score (nSPS) is 18.4. The monoisotopic (exact) mass is 445 g/mol. The zero-order valence-corrected chi connectivity index (χ0v) is 18.5. The van der Waals surface area contributed by atoms with Gasteiger partial charge in [0.25, 0.3) is 5.69 Å². The minimum atomic E-state index is -0.385. The number of fused-ring (bicyclic) bond motifs is 1. The average molecular weight is 446 g/mol. The highest BCUT2D eigenvalue weighted by molar-refractivity contribution is 6.09. The molecule has 2 aliphatic rings. The van der Waals surface area contributed by atoms with E-state index in [4.69, 9.17) is 0 Å². The number of carbonyl (C=O) groups is 1. The number of nitro groups is 1. The lowest BCUT2D eigenvalue weighted by molar-refractivity contribution is -0.384. The van der Waals surface area contributed by atoms with Gasteiger partial charge in [0.15, 0.2) is 5.78 Å². The van der Waals surface area contributed by atoms with E-state index in [1.807, 2.05) is 6.07 Å². The molecule has 33 heavy (non-hydrogen) atoms. The van der Waals surface area contributed by atoms with Gasteiger partial charge in [0.2, 0.25) is 0 Å². The van der Waals surface area contributed by atoms with E-state index in [1.54, 1.807) is 36.4 Å². The molecular weight excluding hydrogens is 418 g/mol. The number of benzene rings is 2. The maximum atomic E-state index is 12.8. The number of hydrogen-bond donors (Lipinski definition) is 0. The topological polar surface area (TPSA) is 94.2 Å². The van der Waals surface area contributed by atoms with Crippen molar-refractivity contribution >= 4 is 17.2 Å². The Kier molecular flexibility index (Phi) is 5.90. The summed E-state index contributed by atoms with van der Waals surface area (Å²) >= 11 is 0. The van der Waals surface area contributed by atoms with Gasteiger partial charge in [0.1, 0.15) is 17.3 Å². The summed E-state index contributed by atoms with van der Waals surface area (Å²) in [5.41, 5.74) is 1.38. The molecule has 1 unspecified atom stereocenters. The summed E-state index contributed by atoms with van der Waals surface area (Å²) in [4.78, 5) is 26.5. The summed E-state index contributed by atoms with van der Waals surface area (Å²) in [7, 11) is 0. The Balaban J connectivity index is 1.42. The van der Waals surface area contributed by atoms with Crippen LogP contribution in [-0.4, -0.2) is 38.6 Å². The number of nitrogens with zero attached hydrogens (tertiary/aromatic N) is 5. The number of ketones is 1. The molecule has 0 saturated carbocycles. The van der Waals surface area contributed by atoms with Gasteiger partial charge in [0.05, 0.1) is 4.92 Å². The zero-order chi connectivity index (χ0) is 22.8. The van der Waals surface area contributed by atoms with E-state index in [9.17, 15) is 14.9 Å². The number of hydrogen-bond acceptors (Lipinski definition) is 6. The summed E-state index contributed by atoms with van der Waals surface area (Å²) in [6.45, 7) is 2.35. The molecule has 1 atom stereocenters. The number of nitro benzene ring substituents is 1.